The molecule has 0 N–H and O–H groups in total. The quantitative estimate of drug-likeness (QED) is 0.862. The lowest BCUT2D eigenvalue weighted by atomic mass is 10.1. The molecule has 2 unspecified atom stereocenters. The number of benzene rings is 2. The van der Waals surface area contributed by atoms with E-state index in [-0.39, 0.29) is 0 Å². The monoisotopic (exact) mass is 296 g/mol. The van der Waals surface area contributed by atoms with E-state index in [1.54, 1.807) is 0 Å². The molecule has 2 aromatic rings. The van der Waals surface area contributed by atoms with E-state index in [2.05, 4.69) is 53.2 Å². The fourth-order valence-corrected chi connectivity index (χ4v) is 3.99. The van der Waals surface area contributed by atoms with Gasteiger partial charge < -0.3 is 9.64 Å². The van der Waals surface area contributed by atoms with Gasteiger partial charge in [0.15, 0.2) is 0 Å². The minimum atomic E-state index is 0.716. The Morgan fingerprint density at radius 2 is 1.68 bits per heavy atom. The fourth-order valence-electron chi connectivity index (χ4n) is 3.99. The molecule has 2 aliphatic rings. The van der Waals surface area contributed by atoms with Gasteiger partial charge in [-0.15, -0.1) is 0 Å². The third kappa shape index (κ3) is 2.34. The van der Waals surface area contributed by atoms with Crippen LogP contribution in [0.3, 0.4) is 0 Å². The molecule has 2 heterocycles. The van der Waals surface area contributed by atoms with Crippen LogP contribution in [0.15, 0.2) is 36.4 Å². The minimum absolute atomic E-state index is 0.716. The van der Waals surface area contributed by atoms with Crippen LogP contribution >= 0.6 is 0 Å². The summed E-state index contributed by atoms with van der Waals surface area (Å²) in [6.07, 6.45) is 2.70. The van der Waals surface area contributed by atoms with Crippen LogP contribution < -0.4 is 9.64 Å². The van der Waals surface area contributed by atoms with Crippen molar-refractivity contribution in [3.05, 3.63) is 36.4 Å². The molecule has 3 heteroatoms. The number of likely N-dealkylation sites (N-methyl/N-ethyl adjacent to an activating group) is 1. The largest absolute Gasteiger partial charge is 0.494 e. The Balaban J connectivity index is 1.61. The van der Waals surface area contributed by atoms with E-state index in [0.29, 0.717) is 6.61 Å². The lowest BCUT2D eigenvalue weighted by Crippen LogP contribution is -2.52. The molecule has 4 rings (SSSR count). The number of fused-ring (bicyclic) bond motifs is 3. The lowest BCUT2D eigenvalue weighted by molar-refractivity contribution is 0.212. The molecule has 0 saturated carbocycles. The SMILES string of the molecule is CCOc1ccc2cc(N3CC4CCC(C3)N4C)ccc2c1. The number of hydrogen-bond donors (Lipinski definition) is 0. The second-order valence-corrected chi connectivity index (χ2v) is 6.58. The van der Waals surface area contributed by atoms with Gasteiger partial charge in [-0.25, -0.2) is 0 Å². The summed E-state index contributed by atoms with van der Waals surface area (Å²) in [4.78, 5) is 5.14. The van der Waals surface area contributed by atoms with Crippen LogP contribution in [0.5, 0.6) is 5.75 Å². The topological polar surface area (TPSA) is 15.7 Å². The van der Waals surface area contributed by atoms with Crippen LogP contribution in [-0.2, 0) is 0 Å². The second kappa shape index (κ2) is 5.47. The Morgan fingerprint density at radius 3 is 2.41 bits per heavy atom. The summed E-state index contributed by atoms with van der Waals surface area (Å²) in [5.74, 6) is 0.959. The van der Waals surface area contributed by atoms with E-state index in [4.69, 9.17) is 4.74 Å². The number of nitrogens with zero attached hydrogens (tertiary/aromatic N) is 2. The molecule has 0 amide bonds. The number of anilines is 1. The van der Waals surface area contributed by atoms with Crippen molar-refractivity contribution in [3.8, 4) is 5.75 Å². The van der Waals surface area contributed by atoms with Gasteiger partial charge >= 0.3 is 0 Å². The zero-order valence-corrected chi connectivity index (χ0v) is 13.5. The number of piperazine rings is 1. The summed E-state index contributed by atoms with van der Waals surface area (Å²) >= 11 is 0. The Hall–Kier alpha value is -1.74. The highest BCUT2D eigenvalue weighted by molar-refractivity contribution is 5.87. The Morgan fingerprint density at radius 1 is 1.00 bits per heavy atom. The van der Waals surface area contributed by atoms with Crippen molar-refractivity contribution < 1.29 is 4.74 Å². The van der Waals surface area contributed by atoms with Crippen molar-refractivity contribution in [1.29, 1.82) is 0 Å². The van der Waals surface area contributed by atoms with Crippen molar-refractivity contribution in [1.82, 2.24) is 4.90 Å². The van der Waals surface area contributed by atoms with Crippen molar-refractivity contribution in [3.63, 3.8) is 0 Å². The predicted molar refractivity (Wildman–Crippen MR) is 91.9 cm³/mol. The molecular formula is C19H24N2O. The van der Waals surface area contributed by atoms with E-state index in [1.165, 1.54) is 29.3 Å². The molecule has 0 spiro atoms. The van der Waals surface area contributed by atoms with Crippen LogP contribution in [0.1, 0.15) is 19.8 Å². The summed E-state index contributed by atoms with van der Waals surface area (Å²) in [6, 6.07) is 14.7. The Bertz CT molecular complexity index is 670. The molecule has 2 fully saturated rings. The van der Waals surface area contributed by atoms with Gasteiger partial charge in [0.05, 0.1) is 6.61 Å². The normalized spacial score (nSPS) is 24.9. The Labute approximate surface area is 132 Å². The maximum atomic E-state index is 5.59. The van der Waals surface area contributed by atoms with Crippen molar-refractivity contribution >= 4 is 16.5 Å². The van der Waals surface area contributed by atoms with E-state index in [1.807, 2.05) is 6.92 Å². The van der Waals surface area contributed by atoms with Crippen molar-refractivity contribution in [2.45, 2.75) is 31.8 Å². The van der Waals surface area contributed by atoms with Gasteiger partial charge in [-0.05, 0) is 61.9 Å². The molecule has 0 radical (unpaired) electrons. The van der Waals surface area contributed by atoms with Crippen LogP contribution in [0.25, 0.3) is 10.8 Å². The first-order chi connectivity index (χ1) is 10.7. The maximum Gasteiger partial charge on any atom is 0.119 e. The third-order valence-corrected chi connectivity index (χ3v) is 5.32. The molecule has 2 atom stereocenters. The molecule has 0 aliphatic carbocycles. The molecule has 2 aromatic carbocycles. The zero-order chi connectivity index (χ0) is 15.1. The van der Waals surface area contributed by atoms with Gasteiger partial charge in [0.2, 0.25) is 0 Å². The van der Waals surface area contributed by atoms with Crippen LogP contribution in [0.4, 0.5) is 5.69 Å². The predicted octanol–water partition coefficient (Wildman–Crippen LogP) is 3.52. The molecule has 2 aliphatic heterocycles. The Kier molecular flexibility index (Phi) is 3.45. The summed E-state index contributed by atoms with van der Waals surface area (Å²) in [6.45, 7) is 5.06. The van der Waals surface area contributed by atoms with Crippen LogP contribution in [-0.4, -0.2) is 43.7 Å². The number of hydrogen-bond acceptors (Lipinski definition) is 3. The van der Waals surface area contributed by atoms with Gasteiger partial charge in [-0.2, -0.15) is 0 Å². The van der Waals surface area contributed by atoms with Crippen LogP contribution in [0, 0.1) is 0 Å². The van der Waals surface area contributed by atoms with Crippen molar-refractivity contribution in [2.75, 3.05) is 31.6 Å². The van der Waals surface area contributed by atoms with Gasteiger partial charge in [-0.3, -0.25) is 4.90 Å². The first-order valence-electron chi connectivity index (χ1n) is 8.38. The molecule has 116 valence electrons. The zero-order valence-electron chi connectivity index (χ0n) is 13.5. The van der Waals surface area contributed by atoms with Gasteiger partial charge in [-0.1, -0.05) is 12.1 Å². The van der Waals surface area contributed by atoms with Gasteiger partial charge in [0.25, 0.3) is 0 Å². The third-order valence-electron chi connectivity index (χ3n) is 5.32. The molecule has 22 heavy (non-hydrogen) atoms. The second-order valence-electron chi connectivity index (χ2n) is 6.58. The molecule has 3 nitrogen and oxygen atoms in total. The van der Waals surface area contributed by atoms with E-state index in [9.17, 15) is 0 Å². The number of ether oxygens (including phenoxy) is 1. The van der Waals surface area contributed by atoms with Crippen molar-refractivity contribution in [2.24, 2.45) is 0 Å². The van der Waals surface area contributed by atoms with E-state index >= 15 is 0 Å². The van der Waals surface area contributed by atoms with E-state index < -0.39 is 0 Å². The van der Waals surface area contributed by atoms with Gasteiger partial charge in [0.1, 0.15) is 5.75 Å². The minimum Gasteiger partial charge on any atom is -0.494 e. The summed E-state index contributed by atoms with van der Waals surface area (Å²) < 4.78 is 5.59. The molecular weight excluding hydrogens is 272 g/mol. The van der Waals surface area contributed by atoms with Gasteiger partial charge in [0, 0.05) is 30.9 Å². The molecule has 2 saturated heterocycles. The smallest absolute Gasteiger partial charge is 0.119 e. The summed E-state index contributed by atoms with van der Waals surface area (Å²) in [5, 5.41) is 2.55. The standard InChI is InChI=1S/C19H24N2O/c1-3-22-19-9-5-14-10-16(6-4-15(14)11-19)21-12-17-7-8-18(13-21)20(17)2/h4-6,9-11,17-18H,3,7-8,12-13H2,1-2H3. The summed E-state index contributed by atoms with van der Waals surface area (Å²) in [7, 11) is 2.29. The first-order valence-corrected chi connectivity index (χ1v) is 8.38. The highest BCUT2D eigenvalue weighted by Gasteiger charge is 2.37. The fraction of sp³-hybridized carbons (Fsp3) is 0.474. The average molecular weight is 296 g/mol. The molecule has 2 bridgehead atoms. The molecule has 0 aromatic heterocycles. The number of rotatable bonds is 3. The lowest BCUT2D eigenvalue weighted by Gasteiger charge is -2.40. The maximum absolute atomic E-state index is 5.59. The van der Waals surface area contributed by atoms with E-state index in [0.717, 1.165) is 30.9 Å². The summed E-state index contributed by atoms with van der Waals surface area (Å²) in [5.41, 5.74) is 1.36. The first kappa shape index (κ1) is 13.9. The average Bonchev–Trinajstić information content (AvgIpc) is 2.76. The highest BCUT2D eigenvalue weighted by Crippen LogP contribution is 2.33. The highest BCUT2D eigenvalue weighted by atomic mass is 16.5. The van der Waals surface area contributed by atoms with Crippen LogP contribution in [0.2, 0.25) is 0 Å².